The summed E-state index contributed by atoms with van der Waals surface area (Å²) < 4.78 is 5.50. The summed E-state index contributed by atoms with van der Waals surface area (Å²) in [5, 5.41) is 3.25. The highest BCUT2D eigenvalue weighted by atomic mass is 35.5. The molecule has 2 heterocycles. The smallest absolute Gasteiger partial charge is 0.242 e. The lowest BCUT2D eigenvalue weighted by atomic mass is 10.1. The summed E-state index contributed by atoms with van der Waals surface area (Å²) in [6.07, 6.45) is -0.0130. The summed E-state index contributed by atoms with van der Waals surface area (Å²) in [4.78, 5) is 16.4. The first-order valence-electron chi connectivity index (χ1n) is 6.01. The Bertz CT molecular complexity index is 257. The maximum atomic E-state index is 12.2. The van der Waals surface area contributed by atoms with Crippen LogP contribution in [-0.2, 0) is 9.53 Å². The van der Waals surface area contributed by atoms with Crippen LogP contribution in [0.5, 0.6) is 0 Å². The number of nitrogens with one attached hydrogen (secondary N) is 1. The van der Waals surface area contributed by atoms with Gasteiger partial charge < -0.3 is 19.9 Å². The second-order valence-corrected chi connectivity index (χ2v) is 4.64. The Morgan fingerprint density at radius 1 is 1.29 bits per heavy atom. The van der Waals surface area contributed by atoms with Crippen molar-refractivity contribution >= 4 is 18.3 Å². The van der Waals surface area contributed by atoms with E-state index >= 15 is 0 Å². The third-order valence-electron chi connectivity index (χ3n) is 3.40. The van der Waals surface area contributed by atoms with Crippen molar-refractivity contribution < 1.29 is 9.53 Å². The Morgan fingerprint density at radius 2 is 1.94 bits per heavy atom. The van der Waals surface area contributed by atoms with Gasteiger partial charge in [0.1, 0.15) is 6.04 Å². The van der Waals surface area contributed by atoms with Gasteiger partial charge in [0, 0.05) is 32.7 Å². The monoisotopic (exact) mass is 263 g/mol. The van der Waals surface area contributed by atoms with Crippen molar-refractivity contribution in [3.8, 4) is 0 Å². The molecule has 0 aliphatic carbocycles. The first-order valence-corrected chi connectivity index (χ1v) is 6.01. The number of nitrogens with zero attached hydrogens (tertiary/aromatic N) is 2. The van der Waals surface area contributed by atoms with E-state index < -0.39 is 0 Å². The molecule has 2 fully saturated rings. The second-order valence-electron chi connectivity index (χ2n) is 4.64. The Balaban J connectivity index is 0.00000144. The van der Waals surface area contributed by atoms with Gasteiger partial charge in [-0.3, -0.25) is 4.79 Å². The van der Waals surface area contributed by atoms with Crippen LogP contribution in [0.4, 0.5) is 0 Å². The van der Waals surface area contributed by atoms with Crippen LogP contribution in [0.25, 0.3) is 0 Å². The third-order valence-corrected chi connectivity index (χ3v) is 3.40. The van der Waals surface area contributed by atoms with Crippen molar-refractivity contribution in [2.75, 3.05) is 46.4 Å². The number of hydrogen-bond acceptors (Lipinski definition) is 4. The number of carbonyl (C=O) groups excluding carboxylic acids is 1. The Kier molecular flexibility index (Phi) is 5.66. The van der Waals surface area contributed by atoms with E-state index in [-0.39, 0.29) is 30.5 Å². The molecule has 0 bridgehead atoms. The first-order chi connectivity index (χ1) is 7.68. The molecule has 0 aromatic carbocycles. The number of likely N-dealkylation sites (N-methyl/N-ethyl adjacent to an activating group) is 1. The van der Waals surface area contributed by atoms with Crippen molar-refractivity contribution in [2.45, 2.75) is 19.1 Å². The molecule has 5 nitrogen and oxygen atoms in total. The van der Waals surface area contributed by atoms with Crippen LogP contribution in [0.3, 0.4) is 0 Å². The van der Waals surface area contributed by atoms with Crippen molar-refractivity contribution in [3.05, 3.63) is 0 Å². The summed E-state index contributed by atoms with van der Waals surface area (Å²) in [5.41, 5.74) is 0. The van der Waals surface area contributed by atoms with Gasteiger partial charge in [-0.1, -0.05) is 0 Å². The normalized spacial score (nSPS) is 30.8. The molecule has 17 heavy (non-hydrogen) atoms. The highest BCUT2D eigenvalue weighted by Gasteiger charge is 2.32. The quantitative estimate of drug-likeness (QED) is 0.697. The Labute approximate surface area is 109 Å². The molecule has 2 atom stereocenters. The van der Waals surface area contributed by atoms with Gasteiger partial charge in [0.25, 0.3) is 0 Å². The minimum atomic E-state index is -0.155. The minimum Gasteiger partial charge on any atom is -0.375 e. The van der Waals surface area contributed by atoms with Gasteiger partial charge in [-0.15, -0.1) is 12.4 Å². The summed E-state index contributed by atoms with van der Waals surface area (Å²) in [5.74, 6) is 0.195. The highest BCUT2D eigenvalue weighted by molar-refractivity contribution is 5.85. The zero-order valence-corrected chi connectivity index (χ0v) is 11.3. The fraction of sp³-hybridized carbons (Fsp3) is 0.909. The van der Waals surface area contributed by atoms with Crippen LogP contribution in [0.15, 0.2) is 0 Å². The van der Waals surface area contributed by atoms with Crippen LogP contribution < -0.4 is 5.32 Å². The molecule has 0 unspecified atom stereocenters. The average Bonchev–Trinajstić information content (AvgIpc) is 2.30. The number of piperazine rings is 1. The van der Waals surface area contributed by atoms with E-state index in [1.165, 1.54) is 0 Å². The van der Waals surface area contributed by atoms with Crippen LogP contribution in [0, 0.1) is 0 Å². The fourth-order valence-electron chi connectivity index (χ4n) is 2.23. The number of amides is 1. The van der Waals surface area contributed by atoms with E-state index in [1.807, 2.05) is 11.8 Å². The largest absolute Gasteiger partial charge is 0.375 e. The van der Waals surface area contributed by atoms with E-state index in [0.717, 1.165) is 32.7 Å². The standard InChI is InChI=1S/C11H21N3O2.ClH/c1-9-10(12-3-8-16-9)11(15)14-6-4-13(2)5-7-14;/h9-10,12H,3-8H2,1-2H3;1H/t9-,10+;/m1./s1. The number of carbonyl (C=O) groups is 1. The van der Waals surface area contributed by atoms with Crippen LogP contribution >= 0.6 is 12.4 Å². The molecule has 1 N–H and O–H groups in total. The van der Waals surface area contributed by atoms with Gasteiger partial charge in [-0.2, -0.15) is 0 Å². The van der Waals surface area contributed by atoms with Crippen LogP contribution in [-0.4, -0.2) is 74.2 Å². The molecular formula is C11H22ClN3O2. The van der Waals surface area contributed by atoms with Gasteiger partial charge in [0.15, 0.2) is 0 Å². The lowest BCUT2D eigenvalue weighted by Crippen LogP contribution is -2.59. The van der Waals surface area contributed by atoms with Crippen molar-refractivity contribution in [3.63, 3.8) is 0 Å². The van der Waals surface area contributed by atoms with E-state index in [2.05, 4.69) is 17.3 Å². The summed E-state index contributed by atoms with van der Waals surface area (Å²) in [6.45, 7) is 7.04. The molecule has 0 radical (unpaired) electrons. The minimum absolute atomic E-state index is 0. The summed E-state index contributed by atoms with van der Waals surface area (Å²) >= 11 is 0. The second kappa shape index (κ2) is 6.54. The molecular weight excluding hydrogens is 242 g/mol. The number of halogens is 1. The lowest BCUT2D eigenvalue weighted by molar-refractivity contribution is -0.141. The summed E-state index contributed by atoms with van der Waals surface area (Å²) in [7, 11) is 2.09. The molecule has 1 amide bonds. The van der Waals surface area contributed by atoms with E-state index in [9.17, 15) is 4.79 Å². The van der Waals surface area contributed by atoms with Crippen LogP contribution in [0.2, 0.25) is 0 Å². The van der Waals surface area contributed by atoms with Gasteiger partial charge in [0.05, 0.1) is 12.7 Å². The van der Waals surface area contributed by atoms with Crippen molar-refractivity contribution in [1.82, 2.24) is 15.1 Å². The van der Waals surface area contributed by atoms with E-state index in [0.29, 0.717) is 6.61 Å². The zero-order valence-electron chi connectivity index (χ0n) is 10.5. The molecule has 0 spiro atoms. The molecule has 0 aromatic heterocycles. The number of ether oxygens (including phenoxy) is 1. The summed E-state index contributed by atoms with van der Waals surface area (Å²) in [6, 6.07) is -0.155. The fourth-order valence-corrected chi connectivity index (χ4v) is 2.23. The molecule has 2 saturated heterocycles. The number of morpholine rings is 1. The number of rotatable bonds is 1. The number of hydrogen-bond donors (Lipinski definition) is 1. The van der Waals surface area contributed by atoms with Crippen molar-refractivity contribution in [1.29, 1.82) is 0 Å². The van der Waals surface area contributed by atoms with Gasteiger partial charge in [-0.05, 0) is 14.0 Å². The molecule has 2 rings (SSSR count). The molecule has 0 aromatic rings. The lowest BCUT2D eigenvalue weighted by Gasteiger charge is -2.37. The average molecular weight is 264 g/mol. The Hall–Kier alpha value is -0.360. The highest BCUT2D eigenvalue weighted by Crippen LogP contribution is 2.09. The molecule has 6 heteroatoms. The predicted octanol–water partition coefficient (Wildman–Crippen LogP) is -0.441. The molecule has 2 aliphatic heterocycles. The maximum Gasteiger partial charge on any atom is 0.242 e. The van der Waals surface area contributed by atoms with Gasteiger partial charge >= 0.3 is 0 Å². The van der Waals surface area contributed by atoms with E-state index in [1.54, 1.807) is 0 Å². The molecule has 0 saturated carbocycles. The first kappa shape index (κ1) is 14.7. The van der Waals surface area contributed by atoms with Gasteiger partial charge in [0.2, 0.25) is 5.91 Å². The topological polar surface area (TPSA) is 44.8 Å². The Morgan fingerprint density at radius 3 is 2.53 bits per heavy atom. The SMILES string of the molecule is C[C@H]1OCCN[C@@H]1C(=O)N1CCN(C)CC1.Cl. The van der Waals surface area contributed by atoms with Crippen molar-refractivity contribution in [2.24, 2.45) is 0 Å². The van der Waals surface area contributed by atoms with Gasteiger partial charge in [-0.25, -0.2) is 0 Å². The third kappa shape index (κ3) is 3.55. The van der Waals surface area contributed by atoms with Crippen LogP contribution in [0.1, 0.15) is 6.92 Å². The molecule has 2 aliphatic rings. The van der Waals surface area contributed by atoms with E-state index in [4.69, 9.17) is 4.74 Å². The predicted molar refractivity (Wildman–Crippen MR) is 68.5 cm³/mol. The molecule has 100 valence electrons. The zero-order chi connectivity index (χ0) is 11.5. The maximum absolute atomic E-state index is 12.2.